The Morgan fingerprint density at radius 2 is 1.82 bits per heavy atom. The number of esters is 1. The Hall–Kier alpha value is -2.68. The van der Waals surface area contributed by atoms with Crippen LogP contribution in [0.3, 0.4) is 0 Å². The average Bonchev–Trinajstić information content (AvgIpc) is 2.83. The zero-order chi connectivity index (χ0) is 23.4. The molecule has 0 atom stereocenters. The van der Waals surface area contributed by atoms with E-state index < -0.39 is 10.0 Å². The maximum Gasteiger partial charge on any atom is 0.309 e. The molecule has 1 fully saturated rings. The molecule has 2 heterocycles. The molecule has 0 unspecified atom stereocenters. The lowest BCUT2D eigenvalue weighted by Crippen LogP contribution is -2.40. The first-order valence-corrected chi connectivity index (χ1v) is 12.6. The van der Waals surface area contributed by atoms with Crippen LogP contribution in [0.1, 0.15) is 25.3 Å². The van der Waals surface area contributed by atoms with Gasteiger partial charge in [-0.15, -0.1) is 0 Å². The summed E-state index contributed by atoms with van der Waals surface area (Å²) in [5.74, 6) is -0.0825. The van der Waals surface area contributed by atoms with Crippen molar-refractivity contribution < 1.29 is 22.7 Å². The molecule has 4 rings (SSSR count). The number of nitrogens with zero attached hydrogens (tertiary/aromatic N) is 2. The van der Waals surface area contributed by atoms with Gasteiger partial charge in [0.15, 0.2) is 0 Å². The highest BCUT2D eigenvalue weighted by Gasteiger charge is 2.33. The SMILES string of the molecule is CCOc1ccc(S(=O)(=O)N2CCC(C(=O)OCc3cc4ccccc4nc3Cl)CC2)cc1. The number of halogens is 1. The first-order chi connectivity index (χ1) is 15.9. The molecule has 33 heavy (non-hydrogen) atoms. The van der Waals surface area contributed by atoms with Crippen LogP contribution in [0.4, 0.5) is 0 Å². The molecule has 0 amide bonds. The highest BCUT2D eigenvalue weighted by molar-refractivity contribution is 7.89. The van der Waals surface area contributed by atoms with Crippen LogP contribution in [0, 0.1) is 5.92 Å². The summed E-state index contributed by atoms with van der Waals surface area (Å²) >= 11 is 6.24. The normalized spacial score (nSPS) is 15.5. The summed E-state index contributed by atoms with van der Waals surface area (Å²) in [6, 6.07) is 15.8. The molecule has 1 aliphatic rings. The lowest BCUT2D eigenvalue weighted by molar-refractivity contribution is -0.151. The molecule has 3 aromatic rings. The molecule has 0 spiro atoms. The summed E-state index contributed by atoms with van der Waals surface area (Å²) in [4.78, 5) is 17.2. The van der Waals surface area contributed by atoms with Crippen LogP contribution >= 0.6 is 11.6 Å². The fourth-order valence-electron chi connectivity index (χ4n) is 3.86. The minimum absolute atomic E-state index is 0.0280. The van der Waals surface area contributed by atoms with Crippen molar-refractivity contribution in [2.24, 2.45) is 5.92 Å². The number of ether oxygens (including phenoxy) is 2. The summed E-state index contributed by atoms with van der Waals surface area (Å²) in [5.41, 5.74) is 1.41. The molecule has 1 saturated heterocycles. The Bertz CT molecular complexity index is 1240. The van der Waals surface area contributed by atoms with Crippen molar-refractivity contribution in [3.8, 4) is 5.75 Å². The minimum Gasteiger partial charge on any atom is -0.494 e. The smallest absolute Gasteiger partial charge is 0.309 e. The van der Waals surface area contributed by atoms with Gasteiger partial charge < -0.3 is 9.47 Å². The number of hydrogen-bond acceptors (Lipinski definition) is 6. The van der Waals surface area contributed by atoms with E-state index in [0.717, 1.165) is 10.9 Å². The first kappa shape index (κ1) is 23.5. The summed E-state index contributed by atoms with van der Waals surface area (Å²) in [5, 5.41) is 1.22. The van der Waals surface area contributed by atoms with Crippen LogP contribution in [0.2, 0.25) is 5.15 Å². The third-order valence-corrected chi connectivity index (χ3v) is 7.92. The second kappa shape index (κ2) is 10.1. The zero-order valence-electron chi connectivity index (χ0n) is 18.2. The van der Waals surface area contributed by atoms with Crippen molar-refractivity contribution in [1.29, 1.82) is 0 Å². The van der Waals surface area contributed by atoms with Crippen molar-refractivity contribution in [3.05, 3.63) is 65.3 Å². The number of fused-ring (bicyclic) bond motifs is 1. The average molecular weight is 489 g/mol. The number of piperidine rings is 1. The number of benzene rings is 2. The highest BCUT2D eigenvalue weighted by Crippen LogP contribution is 2.27. The molecule has 0 radical (unpaired) electrons. The van der Waals surface area contributed by atoms with Gasteiger partial charge in [-0.05, 0) is 56.2 Å². The van der Waals surface area contributed by atoms with E-state index in [1.54, 1.807) is 24.3 Å². The Morgan fingerprint density at radius 3 is 2.52 bits per heavy atom. The monoisotopic (exact) mass is 488 g/mol. The molecule has 0 N–H and O–H groups in total. The minimum atomic E-state index is -3.62. The lowest BCUT2D eigenvalue weighted by Gasteiger charge is -2.30. The number of sulfonamides is 1. The molecular formula is C24H25ClN2O5S. The second-order valence-electron chi connectivity index (χ2n) is 7.82. The highest BCUT2D eigenvalue weighted by atomic mass is 35.5. The van der Waals surface area contributed by atoms with Gasteiger partial charge in [0, 0.05) is 24.0 Å². The Balaban J connectivity index is 1.34. The van der Waals surface area contributed by atoms with Crippen LogP contribution in [0.25, 0.3) is 10.9 Å². The maximum absolute atomic E-state index is 12.9. The maximum atomic E-state index is 12.9. The van der Waals surface area contributed by atoms with Gasteiger partial charge in [-0.1, -0.05) is 29.8 Å². The fourth-order valence-corrected chi connectivity index (χ4v) is 5.53. The van der Waals surface area contributed by atoms with Crippen molar-refractivity contribution >= 4 is 38.5 Å². The fraction of sp³-hybridized carbons (Fsp3) is 0.333. The van der Waals surface area contributed by atoms with E-state index in [4.69, 9.17) is 21.1 Å². The van der Waals surface area contributed by atoms with E-state index in [0.29, 0.717) is 35.9 Å². The van der Waals surface area contributed by atoms with Crippen molar-refractivity contribution in [1.82, 2.24) is 9.29 Å². The molecule has 0 saturated carbocycles. The van der Waals surface area contributed by atoms with Gasteiger partial charge in [0.1, 0.15) is 17.5 Å². The van der Waals surface area contributed by atoms with Crippen LogP contribution in [-0.4, -0.2) is 43.4 Å². The van der Waals surface area contributed by atoms with E-state index in [2.05, 4.69) is 4.98 Å². The molecule has 0 aliphatic carbocycles. The third kappa shape index (κ3) is 5.29. The van der Waals surface area contributed by atoms with Crippen molar-refractivity contribution in [3.63, 3.8) is 0 Å². The van der Waals surface area contributed by atoms with Crippen molar-refractivity contribution in [2.75, 3.05) is 19.7 Å². The Morgan fingerprint density at radius 1 is 1.12 bits per heavy atom. The second-order valence-corrected chi connectivity index (χ2v) is 10.1. The van der Waals surface area contributed by atoms with Gasteiger partial charge in [0.2, 0.25) is 10.0 Å². The topological polar surface area (TPSA) is 85.8 Å². The number of rotatable bonds is 7. The molecule has 0 bridgehead atoms. The quantitative estimate of drug-likeness (QED) is 0.361. The summed E-state index contributed by atoms with van der Waals surface area (Å²) in [6.45, 7) is 2.92. The lowest BCUT2D eigenvalue weighted by atomic mass is 9.98. The Kier molecular flexibility index (Phi) is 7.17. The number of hydrogen-bond donors (Lipinski definition) is 0. The largest absolute Gasteiger partial charge is 0.494 e. The first-order valence-electron chi connectivity index (χ1n) is 10.8. The van der Waals surface area contributed by atoms with E-state index in [-0.39, 0.29) is 36.5 Å². The summed E-state index contributed by atoms with van der Waals surface area (Å²) in [6.07, 6.45) is 0.803. The molecule has 2 aromatic carbocycles. The van der Waals surface area contributed by atoms with Crippen LogP contribution in [0.15, 0.2) is 59.5 Å². The molecule has 1 aromatic heterocycles. The molecule has 7 nitrogen and oxygen atoms in total. The number of carbonyl (C=O) groups is 1. The Labute approximate surface area is 198 Å². The number of para-hydroxylation sites is 1. The van der Waals surface area contributed by atoms with Crippen LogP contribution < -0.4 is 4.74 Å². The van der Waals surface area contributed by atoms with E-state index in [9.17, 15) is 13.2 Å². The molecule has 9 heteroatoms. The van der Waals surface area contributed by atoms with Gasteiger partial charge >= 0.3 is 5.97 Å². The van der Waals surface area contributed by atoms with Crippen LogP contribution in [-0.2, 0) is 26.2 Å². The third-order valence-electron chi connectivity index (χ3n) is 5.68. The van der Waals surface area contributed by atoms with Gasteiger partial charge in [0.25, 0.3) is 0 Å². The van der Waals surface area contributed by atoms with E-state index >= 15 is 0 Å². The molecule has 174 valence electrons. The van der Waals surface area contributed by atoms with Gasteiger partial charge in [-0.2, -0.15) is 4.31 Å². The van der Waals surface area contributed by atoms with Crippen LogP contribution in [0.5, 0.6) is 5.75 Å². The zero-order valence-corrected chi connectivity index (χ0v) is 19.8. The van der Waals surface area contributed by atoms with Gasteiger partial charge in [-0.3, -0.25) is 4.79 Å². The van der Waals surface area contributed by atoms with Gasteiger partial charge in [0.05, 0.1) is 22.9 Å². The number of carbonyl (C=O) groups excluding carboxylic acids is 1. The number of pyridine rings is 1. The summed E-state index contributed by atoms with van der Waals surface area (Å²) < 4.78 is 38.1. The van der Waals surface area contributed by atoms with E-state index in [1.807, 2.05) is 37.3 Å². The van der Waals surface area contributed by atoms with Gasteiger partial charge in [-0.25, -0.2) is 13.4 Å². The summed E-state index contributed by atoms with van der Waals surface area (Å²) in [7, 11) is -3.62. The number of aromatic nitrogens is 1. The standard InChI is InChI=1S/C24H25ClN2O5S/c1-2-31-20-7-9-21(10-8-20)33(29,30)27-13-11-17(12-14-27)24(28)32-16-19-15-18-5-3-4-6-22(18)26-23(19)25/h3-10,15,17H,2,11-14,16H2,1H3. The van der Waals surface area contributed by atoms with E-state index in [1.165, 1.54) is 4.31 Å². The molecule has 1 aliphatic heterocycles. The van der Waals surface area contributed by atoms with Crippen molar-refractivity contribution in [2.45, 2.75) is 31.3 Å². The predicted octanol–water partition coefficient (Wildman–Crippen LogP) is 4.43. The molecular weight excluding hydrogens is 464 g/mol. The predicted molar refractivity (Wildman–Crippen MR) is 126 cm³/mol.